The second-order valence-corrected chi connectivity index (χ2v) is 6.78. The van der Waals surface area contributed by atoms with Gasteiger partial charge in [-0.1, -0.05) is 31.5 Å². The maximum Gasteiger partial charge on any atom is 0.0642 e. The molecular formula is C17H28ClN3. The predicted octanol–water partition coefficient (Wildman–Crippen LogP) is 3.23. The minimum atomic E-state index is 0.604. The van der Waals surface area contributed by atoms with Crippen LogP contribution in [0, 0.1) is 5.92 Å². The second kappa shape index (κ2) is 7.48. The Morgan fingerprint density at radius 2 is 2.10 bits per heavy atom. The van der Waals surface area contributed by atoms with Crippen LogP contribution in [0.2, 0.25) is 5.02 Å². The highest BCUT2D eigenvalue weighted by Crippen LogP contribution is 2.32. The highest BCUT2D eigenvalue weighted by atomic mass is 35.5. The summed E-state index contributed by atoms with van der Waals surface area (Å²) in [5.74, 6) is 0.668. The van der Waals surface area contributed by atoms with Gasteiger partial charge in [-0.3, -0.25) is 0 Å². The monoisotopic (exact) mass is 309 g/mol. The number of hydrogen-bond donors (Lipinski definition) is 1. The molecule has 0 aromatic heterocycles. The van der Waals surface area contributed by atoms with Crippen molar-refractivity contribution in [2.45, 2.75) is 32.9 Å². The molecule has 1 saturated heterocycles. The van der Waals surface area contributed by atoms with Crippen molar-refractivity contribution in [2.75, 3.05) is 38.6 Å². The van der Waals surface area contributed by atoms with E-state index in [-0.39, 0.29) is 0 Å². The van der Waals surface area contributed by atoms with E-state index in [1.807, 2.05) is 0 Å². The van der Waals surface area contributed by atoms with Crippen molar-refractivity contribution in [3.05, 3.63) is 28.8 Å². The predicted molar refractivity (Wildman–Crippen MR) is 92.3 cm³/mol. The van der Waals surface area contributed by atoms with Crippen molar-refractivity contribution in [1.29, 1.82) is 0 Å². The van der Waals surface area contributed by atoms with E-state index in [1.165, 1.54) is 11.3 Å². The smallest absolute Gasteiger partial charge is 0.0642 e. The third kappa shape index (κ3) is 4.12. The van der Waals surface area contributed by atoms with Gasteiger partial charge in [-0.2, -0.15) is 0 Å². The molecule has 2 rings (SSSR count). The molecule has 1 heterocycles. The maximum absolute atomic E-state index is 6.51. The lowest BCUT2D eigenvalue weighted by molar-refractivity contribution is 0.266. The Bertz CT molecular complexity index is 461. The zero-order chi connectivity index (χ0) is 15.4. The quantitative estimate of drug-likeness (QED) is 0.814. The Morgan fingerprint density at radius 1 is 1.33 bits per heavy atom. The molecule has 0 bridgehead atoms. The lowest BCUT2D eigenvalue weighted by atomic mass is 10.1. The summed E-state index contributed by atoms with van der Waals surface area (Å²) < 4.78 is 0. The highest BCUT2D eigenvalue weighted by molar-refractivity contribution is 6.33. The van der Waals surface area contributed by atoms with E-state index in [4.69, 9.17) is 11.6 Å². The van der Waals surface area contributed by atoms with Crippen LogP contribution in [0.4, 0.5) is 5.69 Å². The first-order valence-corrected chi connectivity index (χ1v) is 8.31. The maximum atomic E-state index is 6.51. The molecule has 0 spiro atoms. The molecule has 0 radical (unpaired) electrons. The Kier molecular flexibility index (Phi) is 5.91. The molecule has 1 N–H and O–H groups in total. The number of benzene rings is 1. The third-order valence-electron chi connectivity index (χ3n) is 4.34. The molecule has 1 aliphatic heterocycles. The summed E-state index contributed by atoms with van der Waals surface area (Å²) in [6, 6.07) is 7.08. The molecule has 3 nitrogen and oxygen atoms in total. The van der Waals surface area contributed by atoms with E-state index in [9.17, 15) is 0 Å². The number of anilines is 1. The fraction of sp³-hybridized carbons (Fsp3) is 0.647. The summed E-state index contributed by atoms with van der Waals surface area (Å²) in [5, 5.41) is 4.29. The Hall–Kier alpha value is -0.770. The van der Waals surface area contributed by atoms with Crippen LogP contribution < -0.4 is 10.2 Å². The molecule has 1 fully saturated rings. The summed E-state index contributed by atoms with van der Waals surface area (Å²) in [4.78, 5) is 4.74. The molecular weight excluding hydrogens is 282 g/mol. The summed E-state index contributed by atoms with van der Waals surface area (Å²) in [6.07, 6.45) is 1.16. The van der Waals surface area contributed by atoms with Gasteiger partial charge in [0, 0.05) is 25.7 Å². The average Bonchev–Trinajstić information content (AvgIpc) is 2.81. The summed E-state index contributed by atoms with van der Waals surface area (Å²) in [6.45, 7) is 8.58. The Balaban J connectivity index is 2.04. The SMILES string of the molecule is CCCNCc1ccc(N2CC(C)C(N(C)C)C2)c(Cl)c1. The van der Waals surface area contributed by atoms with Crippen LogP contribution in [0.1, 0.15) is 25.8 Å². The standard InChI is InChI=1S/C17H28ClN3/c1-5-8-19-10-14-6-7-16(15(18)9-14)21-11-13(2)17(12-21)20(3)4/h6-7,9,13,17,19H,5,8,10-12H2,1-4H3. The van der Waals surface area contributed by atoms with Gasteiger partial charge in [0.05, 0.1) is 10.7 Å². The number of rotatable bonds is 6. The molecule has 21 heavy (non-hydrogen) atoms. The first-order valence-electron chi connectivity index (χ1n) is 7.93. The van der Waals surface area contributed by atoms with Crippen LogP contribution in [0.3, 0.4) is 0 Å². The summed E-state index contributed by atoms with van der Waals surface area (Å²) in [7, 11) is 4.32. The van der Waals surface area contributed by atoms with Crippen LogP contribution in [0.5, 0.6) is 0 Å². The van der Waals surface area contributed by atoms with E-state index < -0.39 is 0 Å². The van der Waals surface area contributed by atoms with Crippen LogP contribution in [-0.4, -0.2) is 44.7 Å². The summed E-state index contributed by atoms with van der Waals surface area (Å²) in [5.41, 5.74) is 2.43. The van der Waals surface area contributed by atoms with Gasteiger partial charge < -0.3 is 15.1 Å². The molecule has 1 aromatic carbocycles. The van der Waals surface area contributed by atoms with E-state index >= 15 is 0 Å². The van der Waals surface area contributed by atoms with Crippen LogP contribution in [-0.2, 0) is 6.54 Å². The third-order valence-corrected chi connectivity index (χ3v) is 4.65. The van der Waals surface area contributed by atoms with E-state index in [2.05, 4.69) is 61.3 Å². The van der Waals surface area contributed by atoms with E-state index in [0.29, 0.717) is 12.0 Å². The number of nitrogens with one attached hydrogen (secondary N) is 1. The van der Waals surface area contributed by atoms with Gasteiger partial charge in [-0.05, 0) is 50.7 Å². The highest BCUT2D eigenvalue weighted by Gasteiger charge is 2.31. The van der Waals surface area contributed by atoms with Gasteiger partial charge in [0.15, 0.2) is 0 Å². The van der Waals surface area contributed by atoms with Crippen molar-refractivity contribution in [3.8, 4) is 0 Å². The van der Waals surface area contributed by atoms with E-state index in [0.717, 1.165) is 37.6 Å². The van der Waals surface area contributed by atoms with Crippen molar-refractivity contribution >= 4 is 17.3 Å². The van der Waals surface area contributed by atoms with Crippen molar-refractivity contribution in [3.63, 3.8) is 0 Å². The zero-order valence-corrected chi connectivity index (χ0v) is 14.5. The number of hydrogen-bond acceptors (Lipinski definition) is 3. The van der Waals surface area contributed by atoms with Gasteiger partial charge in [0.1, 0.15) is 0 Å². The first kappa shape index (κ1) is 16.6. The second-order valence-electron chi connectivity index (χ2n) is 6.38. The van der Waals surface area contributed by atoms with Crippen LogP contribution >= 0.6 is 11.6 Å². The molecule has 118 valence electrons. The lowest BCUT2D eigenvalue weighted by Gasteiger charge is -2.23. The van der Waals surface area contributed by atoms with Crippen molar-refractivity contribution < 1.29 is 0 Å². The van der Waals surface area contributed by atoms with Crippen molar-refractivity contribution in [2.24, 2.45) is 5.92 Å². The molecule has 1 aliphatic rings. The first-order chi connectivity index (χ1) is 10.0. The van der Waals surface area contributed by atoms with Gasteiger partial charge in [-0.15, -0.1) is 0 Å². The zero-order valence-electron chi connectivity index (χ0n) is 13.7. The average molecular weight is 310 g/mol. The van der Waals surface area contributed by atoms with Gasteiger partial charge in [-0.25, -0.2) is 0 Å². The minimum absolute atomic E-state index is 0.604. The van der Waals surface area contributed by atoms with Gasteiger partial charge in [0.2, 0.25) is 0 Å². The topological polar surface area (TPSA) is 18.5 Å². The van der Waals surface area contributed by atoms with Crippen LogP contribution in [0.15, 0.2) is 18.2 Å². The molecule has 2 atom stereocenters. The Morgan fingerprint density at radius 3 is 2.67 bits per heavy atom. The normalized spacial score (nSPS) is 22.3. The minimum Gasteiger partial charge on any atom is -0.368 e. The van der Waals surface area contributed by atoms with Crippen LogP contribution in [0.25, 0.3) is 0 Å². The largest absolute Gasteiger partial charge is 0.368 e. The lowest BCUT2D eigenvalue weighted by Crippen LogP contribution is -2.34. The Labute approximate surface area is 134 Å². The fourth-order valence-electron chi connectivity index (χ4n) is 3.14. The van der Waals surface area contributed by atoms with E-state index in [1.54, 1.807) is 0 Å². The molecule has 2 unspecified atom stereocenters. The number of nitrogens with zero attached hydrogens (tertiary/aromatic N) is 2. The van der Waals surface area contributed by atoms with Gasteiger partial charge in [0.25, 0.3) is 0 Å². The fourth-order valence-corrected chi connectivity index (χ4v) is 3.47. The molecule has 1 aromatic rings. The molecule has 4 heteroatoms. The van der Waals surface area contributed by atoms with Gasteiger partial charge >= 0.3 is 0 Å². The summed E-state index contributed by atoms with van der Waals surface area (Å²) >= 11 is 6.51. The molecule has 0 aliphatic carbocycles. The molecule has 0 amide bonds. The van der Waals surface area contributed by atoms with Crippen molar-refractivity contribution in [1.82, 2.24) is 10.2 Å². The molecule has 0 saturated carbocycles. The number of halogens is 1. The number of likely N-dealkylation sites (N-methyl/N-ethyl adjacent to an activating group) is 1.